The van der Waals surface area contributed by atoms with Crippen LogP contribution in [0.3, 0.4) is 0 Å². The number of carbonyl (C=O) groups excluding carboxylic acids is 1. The third-order valence-corrected chi connectivity index (χ3v) is 1.82. The maximum absolute atomic E-state index is 11.8. The second-order valence-corrected chi connectivity index (χ2v) is 3.16. The smallest absolute Gasteiger partial charge is 0.323 e. The summed E-state index contributed by atoms with van der Waals surface area (Å²) in [5, 5.41) is 17.2. The molecular weight excluding hydrogens is 228 g/mol. The zero-order valence-corrected chi connectivity index (χ0v) is 8.74. The van der Waals surface area contributed by atoms with Crippen molar-refractivity contribution in [3.05, 3.63) is 30.1 Å². The average molecular weight is 238 g/mol. The minimum absolute atomic E-state index is 0.00926. The van der Waals surface area contributed by atoms with Gasteiger partial charge in [-0.1, -0.05) is 6.07 Å². The Labute approximate surface area is 96.3 Å². The van der Waals surface area contributed by atoms with Gasteiger partial charge in [-0.3, -0.25) is 19.4 Å². The van der Waals surface area contributed by atoms with Crippen molar-refractivity contribution in [3.8, 4) is 0 Å². The largest absolute Gasteiger partial charge is 0.480 e. The topological polar surface area (TPSA) is 108 Å². The molecule has 1 amide bonds. The second-order valence-electron chi connectivity index (χ2n) is 3.16. The molecule has 0 spiro atoms. The molecule has 1 aromatic rings. The number of carboxylic acids is 2. The molecule has 0 fully saturated rings. The van der Waals surface area contributed by atoms with Crippen molar-refractivity contribution in [2.24, 2.45) is 0 Å². The van der Waals surface area contributed by atoms with Gasteiger partial charge in [0.15, 0.2) is 0 Å². The molecule has 0 aliphatic carbocycles. The van der Waals surface area contributed by atoms with Crippen LogP contribution in [0.1, 0.15) is 10.5 Å². The molecule has 0 saturated heterocycles. The Morgan fingerprint density at radius 1 is 1.12 bits per heavy atom. The van der Waals surface area contributed by atoms with E-state index in [2.05, 4.69) is 4.98 Å². The molecule has 0 atom stereocenters. The van der Waals surface area contributed by atoms with Gasteiger partial charge in [0.1, 0.15) is 18.8 Å². The van der Waals surface area contributed by atoms with Crippen LogP contribution >= 0.6 is 0 Å². The minimum atomic E-state index is -1.28. The van der Waals surface area contributed by atoms with E-state index in [1.807, 2.05) is 0 Å². The fraction of sp³-hybridized carbons (Fsp3) is 0.200. The standard InChI is InChI=1S/C10H10N2O5/c13-8(14)5-12(6-9(15)16)10(17)7-3-1-2-4-11-7/h1-4H,5-6H2,(H,13,14)(H,15,16). The van der Waals surface area contributed by atoms with Crippen LogP contribution in [0.4, 0.5) is 0 Å². The molecule has 0 saturated carbocycles. The van der Waals surface area contributed by atoms with E-state index in [4.69, 9.17) is 10.2 Å². The van der Waals surface area contributed by atoms with Gasteiger partial charge in [-0.25, -0.2) is 0 Å². The van der Waals surface area contributed by atoms with Crippen LogP contribution < -0.4 is 0 Å². The SMILES string of the molecule is O=C(O)CN(CC(=O)O)C(=O)c1ccccn1. The van der Waals surface area contributed by atoms with Gasteiger partial charge in [0, 0.05) is 6.20 Å². The molecular formula is C10H10N2O5. The number of carbonyl (C=O) groups is 3. The lowest BCUT2D eigenvalue weighted by Gasteiger charge is -2.17. The molecule has 0 bridgehead atoms. The molecule has 0 aromatic carbocycles. The average Bonchev–Trinajstić information content (AvgIpc) is 2.27. The van der Waals surface area contributed by atoms with E-state index in [0.717, 1.165) is 0 Å². The molecule has 0 aliphatic rings. The van der Waals surface area contributed by atoms with Crippen LogP contribution in [0.15, 0.2) is 24.4 Å². The molecule has 1 heterocycles. The number of nitrogens with zero attached hydrogens (tertiary/aromatic N) is 2. The van der Waals surface area contributed by atoms with Crippen molar-refractivity contribution in [2.45, 2.75) is 0 Å². The van der Waals surface area contributed by atoms with Crippen molar-refractivity contribution in [1.82, 2.24) is 9.88 Å². The van der Waals surface area contributed by atoms with Crippen molar-refractivity contribution in [1.29, 1.82) is 0 Å². The van der Waals surface area contributed by atoms with Crippen molar-refractivity contribution in [3.63, 3.8) is 0 Å². The van der Waals surface area contributed by atoms with Crippen molar-refractivity contribution in [2.75, 3.05) is 13.1 Å². The van der Waals surface area contributed by atoms with E-state index in [1.54, 1.807) is 12.1 Å². The highest BCUT2D eigenvalue weighted by atomic mass is 16.4. The fourth-order valence-electron chi connectivity index (χ4n) is 1.18. The first-order valence-corrected chi connectivity index (χ1v) is 4.64. The minimum Gasteiger partial charge on any atom is -0.480 e. The highest BCUT2D eigenvalue weighted by Gasteiger charge is 2.21. The number of hydrogen-bond acceptors (Lipinski definition) is 4. The number of amides is 1. The number of hydrogen-bond donors (Lipinski definition) is 2. The van der Waals surface area contributed by atoms with Gasteiger partial charge >= 0.3 is 11.9 Å². The number of rotatable bonds is 5. The molecule has 7 heteroatoms. The molecule has 17 heavy (non-hydrogen) atoms. The number of aliphatic carboxylic acids is 2. The van der Waals surface area contributed by atoms with E-state index in [9.17, 15) is 14.4 Å². The van der Waals surface area contributed by atoms with Gasteiger partial charge < -0.3 is 15.1 Å². The summed E-state index contributed by atoms with van der Waals surface area (Å²) in [6, 6.07) is 4.54. The van der Waals surface area contributed by atoms with Crippen LogP contribution in [0, 0.1) is 0 Å². The molecule has 90 valence electrons. The highest BCUT2D eigenvalue weighted by molar-refractivity contribution is 5.95. The zero-order valence-electron chi connectivity index (χ0n) is 8.74. The van der Waals surface area contributed by atoms with Crippen LogP contribution in [0.5, 0.6) is 0 Å². The first-order valence-electron chi connectivity index (χ1n) is 4.64. The Bertz CT molecular complexity index is 416. The Kier molecular flexibility index (Phi) is 4.15. The maximum Gasteiger partial charge on any atom is 0.323 e. The predicted octanol–water partition coefficient (Wildman–Crippen LogP) is -0.307. The maximum atomic E-state index is 11.8. The van der Waals surface area contributed by atoms with Crippen LogP contribution in [0.2, 0.25) is 0 Å². The Hall–Kier alpha value is -2.44. The summed E-state index contributed by atoms with van der Waals surface area (Å²) in [5.41, 5.74) is 0.00926. The predicted molar refractivity (Wildman–Crippen MR) is 55.4 cm³/mol. The number of aromatic nitrogens is 1. The van der Waals surface area contributed by atoms with E-state index >= 15 is 0 Å². The molecule has 0 unspecified atom stereocenters. The fourth-order valence-corrected chi connectivity index (χ4v) is 1.18. The lowest BCUT2D eigenvalue weighted by molar-refractivity contribution is -0.140. The number of pyridine rings is 1. The van der Waals surface area contributed by atoms with Crippen LogP contribution in [0.25, 0.3) is 0 Å². The first-order chi connectivity index (χ1) is 8.00. The third kappa shape index (κ3) is 3.90. The number of carboxylic acid groups (broad SMARTS) is 2. The van der Waals surface area contributed by atoms with Crippen molar-refractivity contribution >= 4 is 17.8 Å². The molecule has 1 aromatic heterocycles. The van der Waals surface area contributed by atoms with Gasteiger partial charge in [-0.2, -0.15) is 0 Å². The molecule has 2 N–H and O–H groups in total. The Morgan fingerprint density at radius 2 is 1.71 bits per heavy atom. The van der Waals surface area contributed by atoms with Gasteiger partial charge in [0.25, 0.3) is 5.91 Å². The van der Waals surface area contributed by atoms with Gasteiger partial charge in [0.05, 0.1) is 0 Å². The lowest BCUT2D eigenvalue weighted by Crippen LogP contribution is -2.39. The summed E-state index contributed by atoms with van der Waals surface area (Å²) in [5.74, 6) is -3.29. The monoisotopic (exact) mass is 238 g/mol. The summed E-state index contributed by atoms with van der Waals surface area (Å²) in [6.45, 7) is -1.36. The highest BCUT2D eigenvalue weighted by Crippen LogP contribution is 2.01. The van der Waals surface area contributed by atoms with E-state index < -0.39 is 30.9 Å². The van der Waals surface area contributed by atoms with E-state index in [-0.39, 0.29) is 5.69 Å². The van der Waals surface area contributed by atoms with Crippen LogP contribution in [-0.4, -0.2) is 51.0 Å². The summed E-state index contributed by atoms with van der Waals surface area (Å²) in [4.78, 5) is 37.2. The quantitative estimate of drug-likeness (QED) is 0.728. The molecule has 0 aliphatic heterocycles. The zero-order chi connectivity index (χ0) is 12.8. The molecule has 0 radical (unpaired) electrons. The normalized spacial score (nSPS) is 9.65. The summed E-state index contributed by atoms with van der Waals surface area (Å²) >= 11 is 0. The summed E-state index contributed by atoms with van der Waals surface area (Å²) in [7, 11) is 0. The first kappa shape index (κ1) is 12.6. The summed E-state index contributed by atoms with van der Waals surface area (Å²) in [6.07, 6.45) is 1.37. The van der Waals surface area contributed by atoms with Crippen molar-refractivity contribution < 1.29 is 24.6 Å². The Balaban J connectivity index is 2.86. The van der Waals surface area contributed by atoms with Crippen LogP contribution in [-0.2, 0) is 9.59 Å². The second kappa shape index (κ2) is 5.59. The summed E-state index contributed by atoms with van der Waals surface area (Å²) < 4.78 is 0. The molecule has 7 nitrogen and oxygen atoms in total. The van der Waals surface area contributed by atoms with Gasteiger partial charge in [0.2, 0.25) is 0 Å². The van der Waals surface area contributed by atoms with Gasteiger partial charge in [-0.15, -0.1) is 0 Å². The molecule has 1 rings (SSSR count). The van der Waals surface area contributed by atoms with Gasteiger partial charge in [-0.05, 0) is 12.1 Å². The van der Waals surface area contributed by atoms with E-state index in [1.165, 1.54) is 12.3 Å². The lowest BCUT2D eigenvalue weighted by atomic mass is 10.3. The van der Waals surface area contributed by atoms with E-state index in [0.29, 0.717) is 4.90 Å². The third-order valence-electron chi connectivity index (χ3n) is 1.82. The Morgan fingerprint density at radius 3 is 2.12 bits per heavy atom.